The van der Waals surface area contributed by atoms with Gasteiger partial charge in [-0.3, -0.25) is 0 Å². The Kier molecular flexibility index (Phi) is 23.6. The van der Waals surface area contributed by atoms with E-state index < -0.39 is 22.6 Å². The molecule has 1 atom stereocenters. The Morgan fingerprint density at radius 2 is 0.732 bits per heavy atom. The largest absolute Gasteiger partial charge is 0.530 e. The number of rotatable bonds is 29. The first-order valence-electron chi connectivity index (χ1n) is 25.9. The van der Waals surface area contributed by atoms with Crippen molar-refractivity contribution in [2.24, 2.45) is 5.92 Å². The first-order valence-corrected chi connectivity index (χ1v) is 28.2. The molecule has 0 aliphatic carbocycles. The smallest absolute Gasteiger partial charge is 0.427 e. The summed E-state index contributed by atoms with van der Waals surface area (Å²) < 4.78 is 50.9. The van der Waals surface area contributed by atoms with Crippen LogP contribution in [-0.4, -0.2) is 62.6 Å². The third-order valence-electron chi connectivity index (χ3n) is 12.9. The van der Waals surface area contributed by atoms with E-state index in [1.165, 1.54) is 0 Å². The Morgan fingerprint density at radius 3 is 1.04 bits per heavy atom. The summed E-state index contributed by atoms with van der Waals surface area (Å²) in [7, 11) is -4.66. The number of para-hydroxylation sites is 2. The first-order chi connectivity index (χ1) is 33.4. The van der Waals surface area contributed by atoms with Crippen LogP contribution in [0.2, 0.25) is 0 Å². The second-order valence-electron chi connectivity index (χ2n) is 22.9. The van der Waals surface area contributed by atoms with Crippen LogP contribution in [-0.2, 0) is 46.0 Å². The van der Waals surface area contributed by atoms with Gasteiger partial charge in [0.05, 0.1) is 26.4 Å². The first kappa shape index (κ1) is 60.3. The highest BCUT2D eigenvalue weighted by atomic mass is 31.2. The van der Waals surface area contributed by atoms with Gasteiger partial charge in [0.1, 0.15) is 23.0 Å². The highest BCUT2D eigenvalue weighted by molar-refractivity contribution is 7.43. The summed E-state index contributed by atoms with van der Waals surface area (Å²) in [5, 5.41) is 0. The molecule has 0 aromatic heterocycles. The van der Waals surface area contributed by atoms with Gasteiger partial charge in [-0.05, 0) is 88.7 Å². The Balaban J connectivity index is 1.83. The molecule has 12 heteroatoms. The summed E-state index contributed by atoms with van der Waals surface area (Å²) in [5.74, 6) is 2.60. The molecule has 0 saturated heterocycles. The summed E-state index contributed by atoms with van der Waals surface area (Å²) in [5.41, 5.74) is 4.91. The molecule has 0 aliphatic heterocycles. The van der Waals surface area contributed by atoms with Gasteiger partial charge >= 0.3 is 17.2 Å². The molecule has 0 saturated carbocycles. The normalized spacial score (nSPS) is 13.5. The molecule has 0 bridgehead atoms. The lowest BCUT2D eigenvalue weighted by Gasteiger charge is -2.39. The number of hydrogen-bond donors (Lipinski definition) is 2. The minimum atomic E-state index is -2.57. The van der Waals surface area contributed by atoms with Crippen LogP contribution in [0.5, 0.6) is 23.0 Å². The van der Waals surface area contributed by atoms with Crippen LogP contribution >= 0.6 is 17.2 Å². The number of ether oxygens (including phenoxy) is 4. The molecular weight excluding hydrogens is 931 g/mol. The van der Waals surface area contributed by atoms with Crippen molar-refractivity contribution in [3.63, 3.8) is 0 Å². The van der Waals surface area contributed by atoms with Gasteiger partial charge in [0.2, 0.25) is 0 Å². The molecule has 0 amide bonds. The van der Waals surface area contributed by atoms with Gasteiger partial charge in [-0.2, -0.15) is 0 Å². The van der Waals surface area contributed by atoms with Crippen molar-refractivity contribution in [1.29, 1.82) is 0 Å². The minimum Gasteiger partial charge on any atom is -0.427 e. The molecule has 0 fully saturated rings. The average molecular weight is 1020 g/mol. The van der Waals surface area contributed by atoms with Gasteiger partial charge in [0, 0.05) is 54.1 Å². The SMILES string of the molecule is CCCCOCCOCCC(CCOCCOCCCC)C(C)(c1ccc(OP(O)O)cc1)c1ccc(OP(Oc2c(C(C)(C)C)cccc2C(C)(C)C)Oc2c(C(C)(C)C)cccc2C(C)(C)C)cc1. The fourth-order valence-corrected chi connectivity index (χ4v) is 10.1. The fraction of sp³-hybridized carbons (Fsp3) is 0.593. The molecule has 0 heterocycles. The zero-order valence-electron chi connectivity index (χ0n) is 46.1. The topological polar surface area (TPSA) is 114 Å². The van der Waals surface area contributed by atoms with Gasteiger partial charge < -0.3 is 46.8 Å². The Labute approximate surface area is 431 Å². The van der Waals surface area contributed by atoms with Gasteiger partial charge in [0.15, 0.2) is 0 Å². The molecule has 0 radical (unpaired) electrons. The van der Waals surface area contributed by atoms with Crippen LogP contribution in [0.4, 0.5) is 0 Å². The molecule has 0 aliphatic rings. The molecule has 4 aromatic rings. The number of hydrogen-bond acceptors (Lipinski definition) is 10. The van der Waals surface area contributed by atoms with E-state index in [4.69, 9.17) is 37.0 Å². The van der Waals surface area contributed by atoms with E-state index in [1.807, 2.05) is 24.3 Å². The predicted molar refractivity (Wildman–Crippen MR) is 294 cm³/mol. The molecule has 4 rings (SSSR count). The van der Waals surface area contributed by atoms with Crippen LogP contribution in [0.15, 0.2) is 84.9 Å². The van der Waals surface area contributed by atoms with E-state index >= 15 is 0 Å². The monoisotopic (exact) mass is 1020 g/mol. The maximum absolute atomic E-state index is 9.68. The van der Waals surface area contributed by atoms with E-state index in [1.54, 1.807) is 12.1 Å². The maximum Gasteiger partial charge on any atom is 0.530 e. The van der Waals surface area contributed by atoms with E-state index in [9.17, 15) is 9.79 Å². The Bertz CT molecular complexity index is 1990. The molecule has 0 spiro atoms. The van der Waals surface area contributed by atoms with Crippen LogP contribution in [0.25, 0.3) is 0 Å². The van der Waals surface area contributed by atoms with Gasteiger partial charge in [-0.15, -0.1) is 0 Å². The van der Waals surface area contributed by atoms with Crippen molar-refractivity contribution in [2.75, 3.05) is 52.9 Å². The number of benzene rings is 4. The summed E-state index contributed by atoms with van der Waals surface area (Å²) in [6.07, 6.45) is 5.74. The molecule has 71 heavy (non-hydrogen) atoms. The van der Waals surface area contributed by atoms with Crippen LogP contribution in [0.3, 0.4) is 0 Å². The van der Waals surface area contributed by atoms with Gasteiger partial charge in [0.25, 0.3) is 0 Å². The molecular formula is C59H90O10P2. The van der Waals surface area contributed by atoms with Crippen molar-refractivity contribution < 1.29 is 46.8 Å². The summed E-state index contributed by atoms with van der Waals surface area (Å²) in [6.45, 7) is 37.8. The Hall–Kier alpha value is -3.30. The van der Waals surface area contributed by atoms with Crippen molar-refractivity contribution in [1.82, 2.24) is 0 Å². The quantitative estimate of drug-likeness (QED) is 0.0402. The van der Waals surface area contributed by atoms with Crippen molar-refractivity contribution in [2.45, 2.75) is 169 Å². The standard InChI is InChI=1S/C59H90O10P2/c1-16-18-36-62-40-42-64-38-34-46(35-39-65-43-41-63-37-19-17-2)59(15,44-26-30-47(31-27-44)66-70(60)61)45-28-32-48(33-29-45)67-71(68-53-49(55(3,4)5)22-20-23-50(53)56(6,7)8)69-54-51(57(9,10)11)24-21-25-52(54)58(12,13)14/h20-33,46,60-61H,16-19,34-43H2,1-15H3. The zero-order valence-corrected chi connectivity index (χ0v) is 47.9. The van der Waals surface area contributed by atoms with E-state index in [-0.39, 0.29) is 27.6 Å². The average Bonchev–Trinajstić information content (AvgIpc) is 3.28. The maximum atomic E-state index is 9.68. The number of unbranched alkanes of at least 4 members (excludes halogenated alkanes) is 2. The highest BCUT2D eigenvalue weighted by Crippen LogP contribution is 2.52. The second kappa shape index (κ2) is 27.8. The van der Waals surface area contributed by atoms with E-state index in [0.717, 1.165) is 96.6 Å². The van der Waals surface area contributed by atoms with Crippen molar-refractivity contribution in [3.05, 3.63) is 118 Å². The molecule has 396 valence electrons. The Morgan fingerprint density at radius 1 is 0.408 bits per heavy atom. The summed E-state index contributed by atoms with van der Waals surface area (Å²) >= 11 is 0. The second-order valence-corrected chi connectivity index (χ2v) is 24.6. The van der Waals surface area contributed by atoms with E-state index in [2.05, 4.69) is 152 Å². The lowest BCUT2D eigenvalue weighted by molar-refractivity contribution is 0.0263. The molecule has 1 unspecified atom stereocenters. The van der Waals surface area contributed by atoms with Crippen molar-refractivity contribution in [3.8, 4) is 23.0 Å². The summed E-state index contributed by atoms with van der Waals surface area (Å²) in [4.78, 5) is 19.4. The lowest BCUT2D eigenvalue weighted by atomic mass is 9.65. The lowest BCUT2D eigenvalue weighted by Crippen LogP contribution is -2.35. The van der Waals surface area contributed by atoms with Gasteiger partial charge in [-0.1, -0.05) is 177 Å². The third-order valence-corrected chi connectivity index (χ3v) is 14.3. The van der Waals surface area contributed by atoms with Crippen LogP contribution in [0, 0.1) is 5.92 Å². The van der Waals surface area contributed by atoms with Crippen LogP contribution in [0.1, 0.15) is 176 Å². The zero-order chi connectivity index (χ0) is 52.5. The third kappa shape index (κ3) is 18.5. The molecule has 10 nitrogen and oxygen atoms in total. The predicted octanol–water partition coefficient (Wildman–Crippen LogP) is 15.6. The van der Waals surface area contributed by atoms with Crippen LogP contribution < -0.4 is 18.1 Å². The van der Waals surface area contributed by atoms with E-state index in [0.29, 0.717) is 51.1 Å². The minimum absolute atomic E-state index is 0.0501. The van der Waals surface area contributed by atoms with Crippen molar-refractivity contribution >= 4 is 17.2 Å². The fourth-order valence-electron chi connectivity index (χ4n) is 8.69. The molecule has 2 N–H and O–H groups in total. The van der Waals surface area contributed by atoms with Gasteiger partial charge in [-0.25, -0.2) is 0 Å². The molecule has 4 aromatic carbocycles. The highest BCUT2D eigenvalue weighted by Gasteiger charge is 2.39. The summed E-state index contributed by atoms with van der Waals surface area (Å²) in [6, 6.07) is 28.8.